The molecule has 3 N–H and O–H groups in total. The van der Waals surface area contributed by atoms with E-state index in [-0.39, 0.29) is 28.0 Å². The lowest BCUT2D eigenvalue weighted by Gasteiger charge is -2.31. The summed E-state index contributed by atoms with van der Waals surface area (Å²) in [4.78, 5) is 20.0. The van der Waals surface area contributed by atoms with Crippen molar-refractivity contribution >= 4 is 27.4 Å². The molecular formula is C22H30N4O3S. The van der Waals surface area contributed by atoms with Crippen molar-refractivity contribution in [2.45, 2.75) is 69.9 Å². The van der Waals surface area contributed by atoms with Gasteiger partial charge in [0.05, 0.1) is 10.5 Å². The number of amides is 1. The third kappa shape index (κ3) is 4.43. The van der Waals surface area contributed by atoms with Crippen LogP contribution in [0, 0.1) is 0 Å². The number of rotatable bonds is 4. The van der Waals surface area contributed by atoms with Crippen LogP contribution in [0.5, 0.6) is 0 Å². The predicted octanol–water partition coefficient (Wildman–Crippen LogP) is 3.46. The summed E-state index contributed by atoms with van der Waals surface area (Å²) < 4.78 is 27.6. The van der Waals surface area contributed by atoms with Gasteiger partial charge in [0.25, 0.3) is 15.9 Å². The average molecular weight is 431 g/mol. The molecule has 8 heteroatoms. The lowest BCUT2D eigenvalue weighted by atomic mass is 9.91. The maximum Gasteiger partial charge on any atom is 0.268 e. The van der Waals surface area contributed by atoms with Crippen LogP contribution in [0.25, 0.3) is 0 Å². The first kappa shape index (κ1) is 22.1. The fourth-order valence-electron chi connectivity index (χ4n) is 3.77. The Morgan fingerprint density at radius 3 is 2.33 bits per heavy atom. The Morgan fingerprint density at radius 1 is 1.13 bits per heavy atom. The summed E-state index contributed by atoms with van der Waals surface area (Å²) in [6, 6.07) is 9.72. The third-order valence-electron chi connectivity index (χ3n) is 5.48. The first-order valence-electron chi connectivity index (χ1n) is 10.1. The van der Waals surface area contributed by atoms with Gasteiger partial charge in [-0.2, -0.15) is 0 Å². The topological polar surface area (TPSA) is 105 Å². The van der Waals surface area contributed by atoms with Gasteiger partial charge in [0.1, 0.15) is 5.82 Å². The molecule has 1 aromatic carbocycles. The fraction of sp³-hybridized carbons (Fsp3) is 0.455. The van der Waals surface area contributed by atoms with Gasteiger partial charge in [0, 0.05) is 28.9 Å². The predicted molar refractivity (Wildman–Crippen MR) is 119 cm³/mol. The van der Waals surface area contributed by atoms with Crippen LogP contribution in [0.15, 0.2) is 41.3 Å². The summed E-state index contributed by atoms with van der Waals surface area (Å²) >= 11 is 0. The van der Waals surface area contributed by atoms with E-state index in [2.05, 4.69) is 44.2 Å². The summed E-state index contributed by atoms with van der Waals surface area (Å²) in [6.07, 6.45) is 1.98. The molecule has 0 bridgehead atoms. The first-order chi connectivity index (χ1) is 13.9. The lowest BCUT2D eigenvalue weighted by Crippen LogP contribution is -2.38. The van der Waals surface area contributed by atoms with Crippen molar-refractivity contribution in [1.82, 2.24) is 9.71 Å². The number of anilines is 2. The van der Waals surface area contributed by atoms with E-state index in [1.807, 2.05) is 0 Å². The highest BCUT2D eigenvalue weighted by Crippen LogP contribution is 2.33. The van der Waals surface area contributed by atoms with Crippen molar-refractivity contribution in [3.63, 3.8) is 0 Å². The molecule has 2 heterocycles. The minimum absolute atomic E-state index is 0.0559. The zero-order valence-corrected chi connectivity index (χ0v) is 19.0. The van der Waals surface area contributed by atoms with Crippen molar-refractivity contribution in [3.8, 4) is 0 Å². The second-order valence-electron chi connectivity index (χ2n) is 9.01. The molecule has 1 amide bonds. The van der Waals surface area contributed by atoms with Crippen LogP contribution in [-0.2, 0) is 15.4 Å². The summed E-state index contributed by atoms with van der Waals surface area (Å²) in [7, 11) is -4.06. The van der Waals surface area contributed by atoms with Gasteiger partial charge in [-0.25, -0.2) is 18.1 Å². The highest BCUT2D eigenvalue weighted by molar-refractivity contribution is 7.90. The number of nitrogens with two attached hydrogens (primary N) is 1. The number of nitrogens with zero attached hydrogens (tertiary/aromatic N) is 2. The largest absolute Gasteiger partial charge is 0.399 e. The molecule has 2 aromatic rings. The number of nitrogen functional groups attached to an aromatic ring is 1. The van der Waals surface area contributed by atoms with E-state index < -0.39 is 15.9 Å². The Labute approximate surface area is 178 Å². The minimum atomic E-state index is -4.06. The van der Waals surface area contributed by atoms with E-state index in [0.29, 0.717) is 11.5 Å². The Kier molecular flexibility index (Phi) is 5.82. The van der Waals surface area contributed by atoms with Gasteiger partial charge in [0.15, 0.2) is 0 Å². The fourth-order valence-corrected chi connectivity index (χ4v) is 4.79. The number of hydrogen-bond acceptors (Lipinski definition) is 6. The van der Waals surface area contributed by atoms with Gasteiger partial charge in [0.2, 0.25) is 0 Å². The van der Waals surface area contributed by atoms with Crippen LogP contribution in [0.3, 0.4) is 0 Å². The van der Waals surface area contributed by atoms with E-state index >= 15 is 0 Å². The van der Waals surface area contributed by atoms with Crippen LogP contribution in [0.1, 0.15) is 63.5 Å². The number of carbonyl (C=O) groups is 1. The number of sulfonamides is 1. The molecule has 7 nitrogen and oxygen atoms in total. The summed E-state index contributed by atoms with van der Waals surface area (Å²) in [5.74, 6) is -0.174. The highest BCUT2D eigenvalue weighted by Gasteiger charge is 2.33. The molecule has 0 unspecified atom stereocenters. The van der Waals surface area contributed by atoms with Crippen molar-refractivity contribution in [2.75, 3.05) is 10.6 Å². The second kappa shape index (κ2) is 7.91. The van der Waals surface area contributed by atoms with Gasteiger partial charge in [-0.1, -0.05) is 26.8 Å². The van der Waals surface area contributed by atoms with E-state index in [1.165, 1.54) is 18.2 Å². The van der Waals surface area contributed by atoms with Crippen molar-refractivity contribution < 1.29 is 13.2 Å². The molecule has 1 fully saturated rings. The van der Waals surface area contributed by atoms with Gasteiger partial charge >= 0.3 is 0 Å². The van der Waals surface area contributed by atoms with Gasteiger partial charge in [-0.05, 0) is 57.0 Å². The van der Waals surface area contributed by atoms with E-state index in [9.17, 15) is 13.2 Å². The number of aromatic nitrogens is 1. The molecule has 162 valence electrons. The quantitative estimate of drug-likeness (QED) is 0.720. The zero-order valence-electron chi connectivity index (χ0n) is 18.1. The second-order valence-corrected chi connectivity index (χ2v) is 10.7. The Balaban J connectivity index is 2.03. The maximum atomic E-state index is 13.1. The standard InChI is InChI=1S/C22H30N4O3S/c1-14-9-10-15(2)26(14)20-18(11-12-19(24-20)22(3,4)5)21(27)25-30(28,29)17-8-6-7-16(23)13-17/h6-8,11-15H,9-10,23H2,1-5H3,(H,25,27)/t14-,15+. The molecule has 1 aromatic heterocycles. The molecule has 0 aliphatic carbocycles. The number of benzene rings is 1. The molecule has 1 aliphatic rings. The van der Waals surface area contributed by atoms with Crippen molar-refractivity contribution in [1.29, 1.82) is 0 Å². The number of carbonyl (C=O) groups excluding carboxylic acids is 1. The first-order valence-corrected chi connectivity index (χ1v) is 11.6. The monoisotopic (exact) mass is 430 g/mol. The van der Waals surface area contributed by atoms with E-state index in [0.717, 1.165) is 18.5 Å². The molecule has 3 rings (SSSR count). The van der Waals surface area contributed by atoms with Crippen molar-refractivity contribution in [3.05, 3.63) is 47.7 Å². The van der Waals surface area contributed by atoms with E-state index in [4.69, 9.17) is 10.7 Å². The van der Waals surface area contributed by atoms with Crippen LogP contribution < -0.4 is 15.4 Å². The van der Waals surface area contributed by atoms with Crippen LogP contribution >= 0.6 is 0 Å². The van der Waals surface area contributed by atoms with Gasteiger partial charge in [-0.3, -0.25) is 4.79 Å². The average Bonchev–Trinajstić information content (AvgIpc) is 2.98. The van der Waals surface area contributed by atoms with Crippen LogP contribution in [0.4, 0.5) is 11.5 Å². The summed E-state index contributed by atoms with van der Waals surface area (Å²) in [5, 5.41) is 0. The third-order valence-corrected chi connectivity index (χ3v) is 6.81. The Hall–Kier alpha value is -2.61. The van der Waals surface area contributed by atoms with Crippen LogP contribution in [-0.4, -0.2) is 31.4 Å². The number of pyridine rings is 1. The van der Waals surface area contributed by atoms with Gasteiger partial charge < -0.3 is 10.6 Å². The number of hydrogen-bond donors (Lipinski definition) is 2. The molecule has 0 radical (unpaired) electrons. The normalized spacial score (nSPS) is 19.7. The molecule has 1 saturated heterocycles. The molecular weight excluding hydrogens is 400 g/mol. The van der Waals surface area contributed by atoms with Crippen LogP contribution in [0.2, 0.25) is 0 Å². The maximum absolute atomic E-state index is 13.1. The van der Waals surface area contributed by atoms with Crippen molar-refractivity contribution in [2.24, 2.45) is 0 Å². The van der Waals surface area contributed by atoms with E-state index in [1.54, 1.807) is 18.2 Å². The minimum Gasteiger partial charge on any atom is -0.399 e. The Morgan fingerprint density at radius 2 is 1.77 bits per heavy atom. The highest BCUT2D eigenvalue weighted by atomic mass is 32.2. The molecule has 0 spiro atoms. The molecule has 2 atom stereocenters. The molecule has 30 heavy (non-hydrogen) atoms. The van der Waals surface area contributed by atoms with Gasteiger partial charge in [-0.15, -0.1) is 0 Å². The molecule has 0 saturated carbocycles. The summed E-state index contributed by atoms with van der Waals surface area (Å²) in [6.45, 7) is 10.4. The zero-order chi connectivity index (χ0) is 22.3. The summed E-state index contributed by atoms with van der Waals surface area (Å²) in [5.41, 5.74) is 6.89. The molecule has 1 aliphatic heterocycles. The SMILES string of the molecule is C[C@@H]1CC[C@H](C)N1c1nc(C(C)(C)C)ccc1C(=O)NS(=O)(=O)c1cccc(N)c1. The Bertz CT molecular complexity index is 1050. The lowest BCUT2D eigenvalue weighted by molar-refractivity contribution is 0.0981. The smallest absolute Gasteiger partial charge is 0.268 e. The number of nitrogens with one attached hydrogen (secondary N) is 1.